The molecule has 0 saturated heterocycles. The first kappa shape index (κ1) is 34.6. The first-order chi connectivity index (χ1) is 21.3. The summed E-state index contributed by atoms with van der Waals surface area (Å²) in [6.07, 6.45) is 2.07. The van der Waals surface area contributed by atoms with Crippen LogP contribution in [-0.4, -0.2) is 89.9 Å². The zero-order chi connectivity index (χ0) is 31.9. The Balaban J connectivity index is 2.14. The van der Waals surface area contributed by atoms with Crippen molar-refractivity contribution in [2.24, 2.45) is 10.7 Å². The van der Waals surface area contributed by atoms with E-state index >= 15 is 0 Å². The predicted octanol–water partition coefficient (Wildman–Crippen LogP) is 3.22. The van der Waals surface area contributed by atoms with Crippen molar-refractivity contribution in [3.05, 3.63) is 75.8 Å². The number of nitrogens with one attached hydrogen (secondary N) is 1. The van der Waals surface area contributed by atoms with E-state index in [2.05, 4.69) is 66.2 Å². The standard InChI is InChI=1S/C34H43BN4O5/c1-25-23-27(3)38-32(25)31(29-9-11-30(12-10-29)34(40)37-16-15-36)33-26(2)24-28(4)39(33)35(13-7-17-43-21-19-41-5)14-8-18-44-22-20-42-6/h9-12,23-24H,15-22,36H2,1-6H3,(H,37,40)/b32-31-. The number of ether oxygens (including phenoxy) is 4. The van der Waals surface area contributed by atoms with Gasteiger partial charge in [0.15, 0.2) is 0 Å². The average Bonchev–Trinajstić information content (AvgIpc) is 3.50. The molecule has 1 amide bonds. The third-order valence-corrected chi connectivity index (χ3v) is 6.79. The molecule has 0 spiro atoms. The van der Waals surface area contributed by atoms with Gasteiger partial charge in [0, 0.05) is 55.5 Å². The number of aryl methyl sites for hydroxylation is 2. The third kappa shape index (κ3) is 9.55. The lowest BCUT2D eigenvalue weighted by Gasteiger charge is -2.19. The second-order valence-electron chi connectivity index (χ2n) is 10.2. The van der Waals surface area contributed by atoms with Gasteiger partial charge in [0.05, 0.1) is 32.1 Å². The topological polar surface area (TPSA) is 109 Å². The molecule has 2 heterocycles. The lowest BCUT2D eigenvalue weighted by atomic mass is 9.63. The van der Waals surface area contributed by atoms with E-state index in [1.807, 2.05) is 31.2 Å². The molecule has 0 radical (unpaired) electrons. The fourth-order valence-electron chi connectivity index (χ4n) is 4.83. The predicted molar refractivity (Wildman–Crippen MR) is 177 cm³/mol. The number of rotatable bonds is 14. The molecule has 9 nitrogen and oxygen atoms in total. The van der Waals surface area contributed by atoms with Gasteiger partial charge in [-0.25, -0.2) is 0 Å². The molecule has 1 aliphatic rings. The van der Waals surface area contributed by atoms with Crippen LogP contribution in [0, 0.1) is 37.3 Å². The molecule has 44 heavy (non-hydrogen) atoms. The van der Waals surface area contributed by atoms with Crippen LogP contribution in [0.5, 0.6) is 0 Å². The quantitative estimate of drug-likeness (QED) is 0.197. The zero-order valence-electron chi connectivity index (χ0n) is 26.7. The molecule has 0 aliphatic carbocycles. The maximum Gasteiger partial charge on any atom is 0.433 e. The Morgan fingerprint density at radius 3 is 2.05 bits per heavy atom. The highest BCUT2D eigenvalue weighted by atomic mass is 16.5. The molecule has 1 aromatic heterocycles. The number of allylic oxidation sites excluding steroid dienone is 2. The third-order valence-electron chi connectivity index (χ3n) is 6.79. The number of hydrogen-bond donors (Lipinski definition) is 2. The number of carbonyl (C=O) groups is 1. The highest BCUT2D eigenvalue weighted by Crippen LogP contribution is 2.37. The van der Waals surface area contributed by atoms with Gasteiger partial charge in [-0.3, -0.25) is 9.79 Å². The first-order valence-corrected chi connectivity index (χ1v) is 14.7. The molecule has 1 aliphatic heterocycles. The minimum Gasteiger partial charge on any atom is -0.382 e. The molecule has 0 saturated carbocycles. The second-order valence-corrected chi connectivity index (χ2v) is 10.2. The van der Waals surface area contributed by atoms with E-state index in [0.29, 0.717) is 45.1 Å². The summed E-state index contributed by atoms with van der Waals surface area (Å²) < 4.78 is 23.5. The Morgan fingerprint density at radius 2 is 1.52 bits per heavy atom. The number of methoxy groups -OCH3 is 2. The Labute approximate surface area is 262 Å². The molecule has 10 heteroatoms. The molecule has 3 rings (SSSR count). The Kier molecular flexibility index (Phi) is 14.2. The van der Waals surface area contributed by atoms with Gasteiger partial charge < -0.3 is 34.5 Å². The monoisotopic (exact) mass is 598 g/mol. The summed E-state index contributed by atoms with van der Waals surface area (Å²) in [7, 11) is 3.27. The first-order valence-electron chi connectivity index (χ1n) is 14.7. The summed E-state index contributed by atoms with van der Waals surface area (Å²) in [4.78, 5) is 17.5. The molecule has 0 atom stereocenters. The van der Waals surface area contributed by atoms with E-state index in [-0.39, 0.29) is 19.1 Å². The number of benzene rings is 1. The Morgan fingerprint density at radius 1 is 0.932 bits per heavy atom. The molecular formula is C34H43BN4O5. The van der Waals surface area contributed by atoms with Crippen molar-refractivity contribution in [2.75, 3.05) is 67.0 Å². The van der Waals surface area contributed by atoms with Gasteiger partial charge >= 0.3 is 6.85 Å². The number of aromatic nitrogens is 1. The SMILES string of the molecule is COCCOCC#CB(C#CCOCCOC)n1c(C)cc(C)c1/C(=C1\N=C(C)C=C1C)c1ccc(C(=O)NCCN)cc1. The largest absolute Gasteiger partial charge is 0.433 e. The second kappa shape index (κ2) is 18.0. The molecule has 0 bridgehead atoms. The van der Waals surface area contributed by atoms with Crippen LogP contribution < -0.4 is 11.1 Å². The normalized spacial score (nSPS) is 13.3. The van der Waals surface area contributed by atoms with Crippen LogP contribution in [0.15, 0.2) is 52.7 Å². The Bertz CT molecular complexity index is 1470. The number of carbonyl (C=O) groups excluding carboxylic acids is 1. The van der Waals surface area contributed by atoms with Crippen LogP contribution in [0.25, 0.3) is 5.57 Å². The van der Waals surface area contributed by atoms with Gasteiger partial charge in [0.25, 0.3) is 5.91 Å². The van der Waals surface area contributed by atoms with Crippen molar-refractivity contribution in [3.63, 3.8) is 0 Å². The molecule has 0 unspecified atom stereocenters. The summed E-state index contributed by atoms with van der Waals surface area (Å²) in [6.45, 7) is 10.9. The summed E-state index contributed by atoms with van der Waals surface area (Å²) in [5, 5.41) is 2.83. The van der Waals surface area contributed by atoms with E-state index in [9.17, 15) is 4.79 Å². The average molecular weight is 599 g/mol. The van der Waals surface area contributed by atoms with Gasteiger partial charge in [-0.15, -0.1) is 11.6 Å². The highest BCUT2D eigenvalue weighted by Gasteiger charge is 2.27. The van der Waals surface area contributed by atoms with Crippen molar-refractivity contribution < 1.29 is 23.7 Å². The number of hydrogen-bond acceptors (Lipinski definition) is 7. The summed E-state index contributed by atoms with van der Waals surface area (Å²) in [5.41, 5.74) is 13.9. The highest BCUT2D eigenvalue weighted by molar-refractivity contribution is 6.74. The Hall–Kier alpha value is -3.90. The minimum atomic E-state index is -0.483. The summed E-state index contributed by atoms with van der Waals surface area (Å²) in [6, 6.07) is 9.71. The number of amides is 1. The van der Waals surface area contributed by atoms with Gasteiger partial charge in [-0.1, -0.05) is 24.0 Å². The zero-order valence-corrected chi connectivity index (χ0v) is 26.7. The van der Waals surface area contributed by atoms with Crippen LogP contribution in [0.3, 0.4) is 0 Å². The van der Waals surface area contributed by atoms with Crippen LogP contribution >= 0.6 is 0 Å². The van der Waals surface area contributed by atoms with Crippen LogP contribution in [-0.2, 0) is 18.9 Å². The number of aliphatic imine (C=N–C) groups is 1. The van der Waals surface area contributed by atoms with Crippen LogP contribution in [0.4, 0.5) is 0 Å². The maximum absolute atomic E-state index is 12.6. The number of nitrogens with zero attached hydrogens (tertiary/aromatic N) is 2. The van der Waals surface area contributed by atoms with E-state index in [4.69, 9.17) is 29.7 Å². The van der Waals surface area contributed by atoms with Gasteiger partial charge in [0.1, 0.15) is 13.2 Å². The van der Waals surface area contributed by atoms with Crippen molar-refractivity contribution in [1.29, 1.82) is 0 Å². The van der Waals surface area contributed by atoms with E-state index in [1.54, 1.807) is 14.2 Å². The lowest BCUT2D eigenvalue weighted by Crippen LogP contribution is -2.28. The van der Waals surface area contributed by atoms with E-state index < -0.39 is 6.85 Å². The molecule has 3 N–H and O–H groups in total. The lowest BCUT2D eigenvalue weighted by molar-refractivity contribution is 0.0877. The van der Waals surface area contributed by atoms with Crippen molar-refractivity contribution in [1.82, 2.24) is 9.79 Å². The fourth-order valence-corrected chi connectivity index (χ4v) is 4.83. The molecular weight excluding hydrogens is 555 g/mol. The molecule has 2 aromatic rings. The summed E-state index contributed by atoms with van der Waals surface area (Å²) in [5.74, 6) is 12.8. The maximum atomic E-state index is 12.6. The van der Waals surface area contributed by atoms with E-state index in [0.717, 1.165) is 45.1 Å². The fraction of sp³-hybridized carbons (Fsp3) is 0.412. The summed E-state index contributed by atoms with van der Waals surface area (Å²) >= 11 is 0. The van der Waals surface area contributed by atoms with Gasteiger partial charge in [-0.2, -0.15) is 0 Å². The molecule has 232 valence electrons. The molecule has 0 fully saturated rings. The van der Waals surface area contributed by atoms with Gasteiger partial charge in [-0.05, 0) is 68.7 Å². The van der Waals surface area contributed by atoms with Crippen molar-refractivity contribution in [3.8, 4) is 23.5 Å². The van der Waals surface area contributed by atoms with Crippen molar-refractivity contribution in [2.45, 2.75) is 27.7 Å². The smallest absolute Gasteiger partial charge is 0.382 e. The van der Waals surface area contributed by atoms with Crippen LogP contribution in [0.1, 0.15) is 46.7 Å². The minimum absolute atomic E-state index is 0.163. The van der Waals surface area contributed by atoms with Gasteiger partial charge in [0.2, 0.25) is 0 Å². The number of nitrogens with two attached hydrogens (primary N) is 1. The van der Waals surface area contributed by atoms with Crippen LogP contribution in [0.2, 0.25) is 0 Å². The molecule has 1 aromatic carbocycles. The van der Waals surface area contributed by atoms with Crippen molar-refractivity contribution >= 4 is 24.0 Å². The van der Waals surface area contributed by atoms with E-state index in [1.165, 1.54) is 0 Å².